The summed E-state index contributed by atoms with van der Waals surface area (Å²) in [6.07, 6.45) is 3.84. The van der Waals surface area contributed by atoms with E-state index in [1.165, 1.54) is 0 Å². The first kappa shape index (κ1) is 10.8. The van der Waals surface area contributed by atoms with Gasteiger partial charge < -0.3 is 10.0 Å². The van der Waals surface area contributed by atoms with Crippen molar-refractivity contribution in [3.05, 3.63) is 29.8 Å². The predicted molar refractivity (Wildman–Crippen MR) is 65.9 cm³/mol. The van der Waals surface area contributed by atoms with E-state index in [0.717, 1.165) is 36.9 Å². The Kier molecular flexibility index (Phi) is 2.63. The molecule has 2 aliphatic rings. The van der Waals surface area contributed by atoms with Gasteiger partial charge in [0.1, 0.15) is 0 Å². The van der Waals surface area contributed by atoms with Gasteiger partial charge in [-0.2, -0.15) is 0 Å². The Hall–Kier alpha value is -1.35. The van der Waals surface area contributed by atoms with E-state index < -0.39 is 0 Å². The van der Waals surface area contributed by atoms with Crippen LogP contribution in [0.3, 0.4) is 0 Å². The SMILES string of the molecule is O=C1Cc2ccccc2N1C1CCC(O)CC1. The van der Waals surface area contributed by atoms with Crippen LogP contribution >= 0.6 is 0 Å². The molecule has 3 heteroatoms. The lowest BCUT2D eigenvalue weighted by atomic mass is 9.92. The molecular formula is C14H17NO2. The van der Waals surface area contributed by atoms with Crippen LogP contribution in [-0.2, 0) is 11.2 Å². The van der Waals surface area contributed by atoms with Gasteiger partial charge in [0, 0.05) is 11.7 Å². The van der Waals surface area contributed by atoms with Gasteiger partial charge in [-0.1, -0.05) is 18.2 Å². The minimum atomic E-state index is -0.167. The first-order valence-corrected chi connectivity index (χ1v) is 6.34. The van der Waals surface area contributed by atoms with E-state index >= 15 is 0 Å². The Morgan fingerprint density at radius 1 is 1.12 bits per heavy atom. The molecule has 1 fully saturated rings. The number of aliphatic hydroxyl groups is 1. The van der Waals surface area contributed by atoms with Gasteiger partial charge in [0.25, 0.3) is 0 Å². The van der Waals surface area contributed by atoms with Gasteiger partial charge in [0.2, 0.25) is 5.91 Å². The summed E-state index contributed by atoms with van der Waals surface area (Å²) in [5.74, 6) is 0.215. The summed E-state index contributed by atoms with van der Waals surface area (Å²) in [7, 11) is 0. The molecular weight excluding hydrogens is 214 g/mol. The molecule has 0 unspecified atom stereocenters. The molecule has 1 amide bonds. The first-order chi connectivity index (χ1) is 8.25. The second kappa shape index (κ2) is 4.15. The second-order valence-electron chi connectivity index (χ2n) is 5.03. The fraction of sp³-hybridized carbons (Fsp3) is 0.500. The normalized spacial score (nSPS) is 28.3. The van der Waals surface area contributed by atoms with Crippen molar-refractivity contribution < 1.29 is 9.90 Å². The van der Waals surface area contributed by atoms with E-state index in [9.17, 15) is 9.90 Å². The predicted octanol–water partition coefficient (Wildman–Crippen LogP) is 1.88. The van der Waals surface area contributed by atoms with Crippen molar-refractivity contribution in [1.29, 1.82) is 0 Å². The number of para-hydroxylation sites is 1. The number of benzene rings is 1. The quantitative estimate of drug-likeness (QED) is 0.801. The van der Waals surface area contributed by atoms with Gasteiger partial charge in [0.05, 0.1) is 12.5 Å². The zero-order valence-electron chi connectivity index (χ0n) is 9.80. The van der Waals surface area contributed by atoms with Gasteiger partial charge >= 0.3 is 0 Å². The second-order valence-corrected chi connectivity index (χ2v) is 5.03. The third kappa shape index (κ3) is 1.84. The molecule has 1 heterocycles. The number of fused-ring (bicyclic) bond motifs is 1. The number of carbonyl (C=O) groups excluding carboxylic acids is 1. The summed E-state index contributed by atoms with van der Waals surface area (Å²) in [5, 5.41) is 9.53. The Balaban J connectivity index is 1.86. The summed E-state index contributed by atoms with van der Waals surface area (Å²) in [6.45, 7) is 0. The number of carbonyl (C=O) groups is 1. The number of nitrogens with zero attached hydrogens (tertiary/aromatic N) is 1. The molecule has 0 bridgehead atoms. The van der Waals surface area contributed by atoms with Crippen LogP contribution in [-0.4, -0.2) is 23.2 Å². The summed E-state index contributed by atoms with van der Waals surface area (Å²) in [4.78, 5) is 14.0. The zero-order chi connectivity index (χ0) is 11.8. The van der Waals surface area contributed by atoms with Crippen LogP contribution in [0.5, 0.6) is 0 Å². The van der Waals surface area contributed by atoms with Crippen molar-refractivity contribution in [3.8, 4) is 0 Å². The summed E-state index contributed by atoms with van der Waals surface area (Å²) in [5.41, 5.74) is 2.22. The topological polar surface area (TPSA) is 40.5 Å². The number of amides is 1. The lowest BCUT2D eigenvalue weighted by molar-refractivity contribution is -0.118. The number of aliphatic hydroxyl groups excluding tert-OH is 1. The standard InChI is InChI=1S/C14H17NO2/c16-12-7-5-11(6-8-12)15-13-4-2-1-3-10(13)9-14(15)17/h1-4,11-12,16H,5-9H2. The van der Waals surface area contributed by atoms with Crippen LogP contribution in [0.15, 0.2) is 24.3 Å². The number of hydrogen-bond donors (Lipinski definition) is 1. The highest BCUT2D eigenvalue weighted by atomic mass is 16.3. The van der Waals surface area contributed by atoms with Crippen LogP contribution in [0.25, 0.3) is 0 Å². The molecule has 0 atom stereocenters. The van der Waals surface area contributed by atoms with Crippen LogP contribution in [0.1, 0.15) is 31.2 Å². The van der Waals surface area contributed by atoms with Gasteiger partial charge in [0.15, 0.2) is 0 Å². The van der Waals surface area contributed by atoms with Gasteiger partial charge in [-0.25, -0.2) is 0 Å². The Labute approximate surface area is 101 Å². The number of hydrogen-bond acceptors (Lipinski definition) is 2. The average Bonchev–Trinajstić information content (AvgIpc) is 2.66. The number of anilines is 1. The molecule has 3 nitrogen and oxygen atoms in total. The highest BCUT2D eigenvalue weighted by Gasteiger charge is 2.34. The highest BCUT2D eigenvalue weighted by molar-refractivity contribution is 6.01. The smallest absolute Gasteiger partial charge is 0.231 e. The molecule has 0 saturated heterocycles. The molecule has 1 N–H and O–H groups in total. The lowest BCUT2D eigenvalue weighted by Gasteiger charge is -2.33. The molecule has 1 aromatic rings. The van der Waals surface area contributed by atoms with E-state index in [1.807, 2.05) is 29.2 Å². The highest BCUT2D eigenvalue weighted by Crippen LogP contribution is 2.34. The van der Waals surface area contributed by atoms with Gasteiger partial charge in [-0.3, -0.25) is 4.79 Å². The van der Waals surface area contributed by atoms with Gasteiger partial charge in [-0.15, -0.1) is 0 Å². The van der Waals surface area contributed by atoms with E-state index in [-0.39, 0.29) is 18.1 Å². The summed E-state index contributed by atoms with van der Waals surface area (Å²) >= 11 is 0. The molecule has 17 heavy (non-hydrogen) atoms. The maximum atomic E-state index is 12.1. The fourth-order valence-corrected chi connectivity index (χ4v) is 2.99. The Morgan fingerprint density at radius 3 is 2.59 bits per heavy atom. The molecule has 1 aliphatic heterocycles. The molecule has 1 aromatic carbocycles. The third-order valence-electron chi connectivity index (χ3n) is 3.89. The van der Waals surface area contributed by atoms with E-state index in [2.05, 4.69) is 0 Å². The van der Waals surface area contributed by atoms with Crippen LogP contribution in [0.2, 0.25) is 0 Å². The van der Waals surface area contributed by atoms with E-state index in [0.29, 0.717) is 6.42 Å². The zero-order valence-corrected chi connectivity index (χ0v) is 9.80. The Bertz CT molecular complexity index is 436. The maximum Gasteiger partial charge on any atom is 0.231 e. The molecule has 0 aromatic heterocycles. The summed E-state index contributed by atoms with van der Waals surface area (Å²) in [6, 6.07) is 8.33. The molecule has 1 aliphatic carbocycles. The van der Waals surface area contributed by atoms with Crippen molar-refractivity contribution in [2.75, 3.05) is 4.90 Å². The van der Waals surface area contributed by atoms with Crippen LogP contribution in [0, 0.1) is 0 Å². The van der Waals surface area contributed by atoms with Crippen molar-refractivity contribution in [3.63, 3.8) is 0 Å². The third-order valence-corrected chi connectivity index (χ3v) is 3.89. The lowest BCUT2D eigenvalue weighted by Crippen LogP contribution is -2.41. The van der Waals surface area contributed by atoms with Crippen molar-refractivity contribution in [2.24, 2.45) is 0 Å². The monoisotopic (exact) mass is 231 g/mol. The van der Waals surface area contributed by atoms with Crippen molar-refractivity contribution in [2.45, 2.75) is 44.2 Å². The average molecular weight is 231 g/mol. The van der Waals surface area contributed by atoms with Crippen molar-refractivity contribution >= 4 is 11.6 Å². The molecule has 0 radical (unpaired) electrons. The molecule has 0 spiro atoms. The minimum absolute atomic E-state index is 0.167. The first-order valence-electron chi connectivity index (χ1n) is 6.34. The molecule has 1 saturated carbocycles. The Morgan fingerprint density at radius 2 is 1.82 bits per heavy atom. The largest absolute Gasteiger partial charge is 0.393 e. The molecule has 3 rings (SSSR count). The van der Waals surface area contributed by atoms with Crippen LogP contribution < -0.4 is 4.90 Å². The van der Waals surface area contributed by atoms with E-state index in [1.54, 1.807) is 0 Å². The fourth-order valence-electron chi connectivity index (χ4n) is 2.99. The number of rotatable bonds is 1. The molecule has 90 valence electrons. The van der Waals surface area contributed by atoms with Crippen LogP contribution in [0.4, 0.5) is 5.69 Å². The minimum Gasteiger partial charge on any atom is -0.393 e. The summed E-state index contributed by atoms with van der Waals surface area (Å²) < 4.78 is 0. The van der Waals surface area contributed by atoms with E-state index in [4.69, 9.17) is 0 Å². The maximum absolute atomic E-state index is 12.1. The van der Waals surface area contributed by atoms with Crippen molar-refractivity contribution in [1.82, 2.24) is 0 Å². The van der Waals surface area contributed by atoms with Gasteiger partial charge in [-0.05, 0) is 37.3 Å².